The predicted octanol–water partition coefficient (Wildman–Crippen LogP) is 2.07. The minimum atomic E-state index is -0.401. The number of hydrogen-bond acceptors (Lipinski definition) is 3. The lowest BCUT2D eigenvalue weighted by Crippen LogP contribution is -2.29. The highest BCUT2D eigenvalue weighted by atomic mass is 16.5. The molecule has 2 rings (SSSR count). The van der Waals surface area contributed by atoms with E-state index in [1.807, 2.05) is 51.4 Å². The Balaban J connectivity index is 2.24. The van der Waals surface area contributed by atoms with Gasteiger partial charge in [0.05, 0.1) is 12.0 Å². The molecule has 0 spiro atoms. The summed E-state index contributed by atoms with van der Waals surface area (Å²) in [5.41, 5.74) is 0.692. The van der Waals surface area contributed by atoms with Crippen LogP contribution < -0.4 is 0 Å². The van der Waals surface area contributed by atoms with Crippen LogP contribution in [0.5, 0.6) is 0 Å². The summed E-state index contributed by atoms with van der Waals surface area (Å²) >= 11 is 0. The molecule has 1 aliphatic rings. The number of hydrogen-bond donors (Lipinski definition) is 0. The standard InChI is InChI=1S/C15H21NO2/c1-4-18-14(17)15(10-13(15)11-16(2)3)12-8-6-5-7-9-12/h5-9,13H,4,10-11H2,1-3H3. The van der Waals surface area contributed by atoms with Crippen LogP contribution in [0.4, 0.5) is 0 Å². The van der Waals surface area contributed by atoms with Crippen molar-refractivity contribution in [3.05, 3.63) is 35.9 Å². The van der Waals surface area contributed by atoms with E-state index in [-0.39, 0.29) is 5.97 Å². The molecule has 0 saturated heterocycles. The SMILES string of the molecule is CCOC(=O)C1(c2ccccc2)CC1CN(C)C. The number of ether oxygens (including phenoxy) is 1. The summed E-state index contributed by atoms with van der Waals surface area (Å²) in [5, 5.41) is 0. The molecule has 2 unspecified atom stereocenters. The lowest BCUT2D eigenvalue weighted by Gasteiger charge is -2.18. The molecule has 2 atom stereocenters. The Morgan fingerprint density at radius 3 is 2.61 bits per heavy atom. The molecule has 3 nitrogen and oxygen atoms in total. The van der Waals surface area contributed by atoms with Crippen LogP contribution in [0.2, 0.25) is 0 Å². The van der Waals surface area contributed by atoms with E-state index in [4.69, 9.17) is 4.74 Å². The van der Waals surface area contributed by atoms with Gasteiger partial charge in [0.1, 0.15) is 0 Å². The second-order valence-corrected chi connectivity index (χ2v) is 5.22. The zero-order chi connectivity index (χ0) is 13.2. The monoisotopic (exact) mass is 247 g/mol. The highest BCUT2D eigenvalue weighted by Gasteiger charge is 2.62. The molecule has 1 aromatic carbocycles. The first kappa shape index (κ1) is 13.1. The van der Waals surface area contributed by atoms with E-state index in [0.717, 1.165) is 18.5 Å². The minimum Gasteiger partial charge on any atom is -0.465 e. The van der Waals surface area contributed by atoms with Gasteiger partial charge in [0.2, 0.25) is 0 Å². The van der Waals surface area contributed by atoms with E-state index >= 15 is 0 Å². The molecule has 1 aromatic rings. The molecule has 0 heterocycles. The Labute approximate surface area is 109 Å². The topological polar surface area (TPSA) is 29.5 Å². The number of esters is 1. The van der Waals surface area contributed by atoms with Crippen LogP contribution in [0.3, 0.4) is 0 Å². The summed E-state index contributed by atoms with van der Waals surface area (Å²) in [6, 6.07) is 10.0. The van der Waals surface area contributed by atoms with Crippen LogP contribution in [-0.2, 0) is 14.9 Å². The number of benzene rings is 1. The highest BCUT2D eigenvalue weighted by molar-refractivity contribution is 5.87. The number of carbonyl (C=O) groups excluding carboxylic acids is 1. The van der Waals surface area contributed by atoms with E-state index in [2.05, 4.69) is 4.90 Å². The minimum absolute atomic E-state index is 0.0666. The summed E-state index contributed by atoms with van der Waals surface area (Å²) in [5.74, 6) is 0.303. The fraction of sp³-hybridized carbons (Fsp3) is 0.533. The van der Waals surface area contributed by atoms with Gasteiger partial charge in [0.15, 0.2) is 0 Å². The lowest BCUT2D eigenvalue weighted by atomic mass is 9.93. The largest absolute Gasteiger partial charge is 0.465 e. The van der Waals surface area contributed by atoms with E-state index in [1.165, 1.54) is 0 Å². The molecule has 0 aromatic heterocycles. The van der Waals surface area contributed by atoms with Gasteiger partial charge in [-0.3, -0.25) is 4.79 Å². The third kappa shape index (κ3) is 2.27. The molecule has 0 aliphatic heterocycles. The van der Waals surface area contributed by atoms with E-state index < -0.39 is 5.41 Å². The Kier molecular flexibility index (Phi) is 3.71. The van der Waals surface area contributed by atoms with Crippen molar-refractivity contribution in [2.45, 2.75) is 18.8 Å². The fourth-order valence-electron chi connectivity index (χ4n) is 2.71. The van der Waals surface area contributed by atoms with Gasteiger partial charge in [0, 0.05) is 6.54 Å². The first-order valence-corrected chi connectivity index (χ1v) is 6.48. The van der Waals surface area contributed by atoms with Crippen molar-refractivity contribution in [1.82, 2.24) is 4.90 Å². The van der Waals surface area contributed by atoms with Crippen molar-refractivity contribution in [2.75, 3.05) is 27.2 Å². The average molecular weight is 247 g/mol. The summed E-state index contributed by atoms with van der Waals surface area (Å²) in [6.45, 7) is 3.23. The second kappa shape index (κ2) is 5.11. The second-order valence-electron chi connectivity index (χ2n) is 5.22. The summed E-state index contributed by atoms with van der Waals surface area (Å²) in [4.78, 5) is 14.4. The Bertz CT molecular complexity index is 416. The molecule has 3 heteroatoms. The van der Waals surface area contributed by atoms with Crippen molar-refractivity contribution < 1.29 is 9.53 Å². The van der Waals surface area contributed by atoms with Gasteiger partial charge in [-0.1, -0.05) is 30.3 Å². The molecule has 1 aliphatic carbocycles. The molecular formula is C15H21NO2. The summed E-state index contributed by atoms with van der Waals surface area (Å²) in [6.07, 6.45) is 0.897. The van der Waals surface area contributed by atoms with Crippen LogP contribution in [0.15, 0.2) is 30.3 Å². The zero-order valence-corrected chi connectivity index (χ0v) is 11.3. The van der Waals surface area contributed by atoms with E-state index in [9.17, 15) is 4.79 Å². The van der Waals surface area contributed by atoms with Gasteiger partial charge in [-0.15, -0.1) is 0 Å². The maximum atomic E-state index is 12.3. The van der Waals surface area contributed by atoms with Crippen LogP contribution in [0, 0.1) is 5.92 Å². The van der Waals surface area contributed by atoms with Crippen LogP contribution in [0.1, 0.15) is 18.9 Å². The normalized spacial score (nSPS) is 26.1. The number of nitrogens with zero attached hydrogens (tertiary/aromatic N) is 1. The van der Waals surface area contributed by atoms with E-state index in [0.29, 0.717) is 12.5 Å². The molecular weight excluding hydrogens is 226 g/mol. The molecule has 0 N–H and O–H groups in total. The van der Waals surface area contributed by atoms with Gasteiger partial charge < -0.3 is 9.64 Å². The van der Waals surface area contributed by atoms with Gasteiger partial charge in [-0.05, 0) is 38.9 Å². The third-order valence-corrected chi connectivity index (χ3v) is 3.62. The van der Waals surface area contributed by atoms with Crippen LogP contribution in [0.25, 0.3) is 0 Å². The molecule has 18 heavy (non-hydrogen) atoms. The van der Waals surface area contributed by atoms with Gasteiger partial charge in [0.25, 0.3) is 0 Å². The molecule has 1 fully saturated rings. The van der Waals surface area contributed by atoms with Crippen molar-refractivity contribution >= 4 is 5.97 Å². The number of rotatable bonds is 5. The maximum absolute atomic E-state index is 12.3. The van der Waals surface area contributed by atoms with Crippen molar-refractivity contribution in [2.24, 2.45) is 5.92 Å². The van der Waals surface area contributed by atoms with Crippen molar-refractivity contribution in [3.8, 4) is 0 Å². The Hall–Kier alpha value is -1.35. The molecule has 0 radical (unpaired) electrons. The lowest BCUT2D eigenvalue weighted by molar-refractivity contribution is -0.146. The van der Waals surface area contributed by atoms with E-state index in [1.54, 1.807) is 0 Å². The molecule has 0 amide bonds. The first-order chi connectivity index (χ1) is 8.61. The number of carbonyl (C=O) groups is 1. The molecule has 98 valence electrons. The molecule has 0 bridgehead atoms. The van der Waals surface area contributed by atoms with Gasteiger partial charge >= 0.3 is 5.97 Å². The quantitative estimate of drug-likeness (QED) is 0.746. The Morgan fingerprint density at radius 1 is 1.39 bits per heavy atom. The fourth-order valence-corrected chi connectivity index (χ4v) is 2.71. The predicted molar refractivity (Wildman–Crippen MR) is 71.4 cm³/mol. The van der Waals surface area contributed by atoms with Gasteiger partial charge in [-0.25, -0.2) is 0 Å². The smallest absolute Gasteiger partial charge is 0.316 e. The third-order valence-electron chi connectivity index (χ3n) is 3.62. The van der Waals surface area contributed by atoms with Crippen LogP contribution in [-0.4, -0.2) is 38.1 Å². The maximum Gasteiger partial charge on any atom is 0.316 e. The summed E-state index contributed by atoms with van der Waals surface area (Å²) < 4.78 is 5.28. The zero-order valence-electron chi connectivity index (χ0n) is 11.3. The summed E-state index contributed by atoms with van der Waals surface area (Å²) in [7, 11) is 4.08. The Morgan fingerprint density at radius 2 is 2.06 bits per heavy atom. The van der Waals surface area contributed by atoms with Crippen molar-refractivity contribution in [1.29, 1.82) is 0 Å². The average Bonchev–Trinajstić information content (AvgIpc) is 3.05. The highest BCUT2D eigenvalue weighted by Crippen LogP contribution is 2.55. The first-order valence-electron chi connectivity index (χ1n) is 6.48. The van der Waals surface area contributed by atoms with Crippen molar-refractivity contribution in [3.63, 3.8) is 0 Å². The van der Waals surface area contributed by atoms with Gasteiger partial charge in [-0.2, -0.15) is 0 Å². The van der Waals surface area contributed by atoms with Crippen LogP contribution >= 0.6 is 0 Å². The molecule has 1 saturated carbocycles.